The van der Waals surface area contributed by atoms with Gasteiger partial charge in [-0.2, -0.15) is 0 Å². The van der Waals surface area contributed by atoms with Crippen LogP contribution in [0, 0.1) is 12.8 Å². The molecule has 0 N–H and O–H groups in total. The molecule has 0 amide bonds. The SMILES string of the molecule is C=C(CC[C@H]1CN(S(=O)(=O)c2ccc(C)c(OC)c2)c2cc(/C=C(\C)C3CCCCC3)ccc2O1)OC. The van der Waals surface area contributed by atoms with Crippen molar-refractivity contribution in [3.05, 3.63) is 65.4 Å². The van der Waals surface area contributed by atoms with Crippen LogP contribution in [0.15, 0.2) is 59.2 Å². The zero-order chi connectivity index (χ0) is 26.6. The first-order chi connectivity index (χ1) is 17.7. The zero-order valence-corrected chi connectivity index (χ0v) is 23.3. The van der Waals surface area contributed by atoms with E-state index >= 15 is 0 Å². The number of anilines is 1. The normalized spacial score (nSPS) is 18.6. The van der Waals surface area contributed by atoms with Gasteiger partial charge in [-0.05, 0) is 68.4 Å². The smallest absolute Gasteiger partial charge is 0.264 e. The van der Waals surface area contributed by atoms with Crippen LogP contribution in [0.5, 0.6) is 11.5 Å². The first-order valence-electron chi connectivity index (χ1n) is 13.1. The molecule has 1 saturated carbocycles. The number of hydrogen-bond donors (Lipinski definition) is 0. The van der Waals surface area contributed by atoms with E-state index in [-0.39, 0.29) is 17.5 Å². The summed E-state index contributed by atoms with van der Waals surface area (Å²) in [4.78, 5) is 0.196. The molecule has 4 rings (SSSR count). The van der Waals surface area contributed by atoms with Crippen molar-refractivity contribution in [3.63, 3.8) is 0 Å². The molecule has 2 aromatic carbocycles. The van der Waals surface area contributed by atoms with Gasteiger partial charge in [0.1, 0.15) is 17.6 Å². The Balaban J connectivity index is 1.72. The van der Waals surface area contributed by atoms with Gasteiger partial charge < -0.3 is 14.2 Å². The van der Waals surface area contributed by atoms with Gasteiger partial charge in [-0.15, -0.1) is 0 Å². The minimum absolute atomic E-state index is 0.196. The van der Waals surface area contributed by atoms with E-state index in [0.717, 1.165) is 11.1 Å². The number of aryl methyl sites for hydroxylation is 1. The maximum Gasteiger partial charge on any atom is 0.264 e. The lowest BCUT2D eigenvalue weighted by Crippen LogP contribution is -2.43. The van der Waals surface area contributed by atoms with E-state index < -0.39 is 10.0 Å². The van der Waals surface area contributed by atoms with Gasteiger partial charge in [-0.3, -0.25) is 4.31 Å². The standard InChI is InChI=1S/C30H39NO5S/c1-21-11-15-27(19-30(21)35-5)37(32,33)31-20-26(14-12-23(3)34-4)36-29-16-13-24(18-28(29)31)17-22(2)25-9-7-6-8-10-25/h11,13,15-19,25-26H,3,6-10,12,14,20H2,1-2,4-5H3/b22-17+/t26-/m0/s1. The molecule has 1 atom stereocenters. The Bertz CT molecular complexity index is 1260. The quantitative estimate of drug-likeness (QED) is 0.334. The zero-order valence-electron chi connectivity index (χ0n) is 22.5. The van der Waals surface area contributed by atoms with Crippen LogP contribution in [0.25, 0.3) is 6.08 Å². The van der Waals surface area contributed by atoms with Crippen molar-refractivity contribution in [1.82, 2.24) is 0 Å². The summed E-state index contributed by atoms with van der Waals surface area (Å²) in [5.41, 5.74) is 3.78. The molecule has 0 radical (unpaired) electrons. The largest absolute Gasteiger partial charge is 0.502 e. The van der Waals surface area contributed by atoms with E-state index in [1.165, 1.54) is 42.0 Å². The van der Waals surface area contributed by atoms with Crippen molar-refractivity contribution in [1.29, 1.82) is 0 Å². The van der Waals surface area contributed by atoms with Gasteiger partial charge >= 0.3 is 0 Å². The molecule has 2 aliphatic rings. The highest BCUT2D eigenvalue weighted by atomic mass is 32.2. The van der Waals surface area contributed by atoms with Gasteiger partial charge in [0.05, 0.1) is 37.1 Å². The molecule has 1 aliphatic carbocycles. The van der Waals surface area contributed by atoms with Crippen LogP contribution in [0.1, 0.15) is 63.0 Å². The van der Waals surface area contributed by atoms with Gasteiger partial charge in [0, 0.05) is 12.5 Å². The molecule has 1 aliphatic heterocycles. The molecule has 0 spiro atoms. The monoisotopic (exact) mass is 525 g/mol. The van der Waals surface area contributed by atoms with Crippen molar-refractivity contribution in [2.75, 3.05) is 25.1 Å². The van der Waals surface area contributed by atoms with Crippen LogP contribution in [0.3, 0.4) is 0 Å². The van der Waals surface area contributed by atoms with Gasteiger partial charge in [0.2, 0.25) is 0 Å². The summed E-state index contributed by atoms with van der Waals surface area (Å²) in [6.07, 6.45) is 9.36. The minimum Gasteiger partial charge on any atom is -0.502 e. The van der Waals surface area contributed by atoms with Crippen LogP contribution in [-0.4, -0.2) is 35.3 Å². The predicted octanol–water partition coefficient (Wildman–Crippen LogP) is 6.88. The van der Waals surface area contributed by atoms with Crippen LogP contribution in [-0.2, 0) is 14.8 Å². The number of fused-ring (bicyclic) bond motifs is 1. The molecule has 2 aromatic rings. The third kappa shape index (κ3) is 6.15. The third-order valence-corrected chi connectivity index (χ3v) is 9.34. The molecule has 6 nitrogen and oxygen atoms in total. The Morgan fingerprint density at radius 3 is 2.59 bits per heavy atom. The average molecular weight is 526 g/mol. The number of sulfonamides is 1. The molecule has 0 bridgehead atoms. The lowest BCUT2D eigenvalue weighted by molar-refractivity contribution is 0.178. The van der Waals surface area contributed by atoms with Crippen LogP contribution in [0.2, 0.25) is 0 Å². The molecule has 200 valence electrons. The molecule has 37 heavy (non-hydrogen) atoms. The summed E-state index contributed by atoms with van der Waals surface area (Å²) < 4.78 is 46.4. The number of ether oxygens (including phenoxy) is 3. The van der Waals surface area contributed by atoms with Crippen molar-refractivity contribution in [2.24, 2.45) is 5.92 Å². The summed E-state index contributed by atoms with van der Waals surface area (Å²) in [5.74, 6) is 2.35. The molecule has 0 saturated heterocycles. The highest BCUT2D eigenvalue weighted by Gasteiger charge is 2.35. The summed E-state index contributed by atoms with van der Waals surface area (Å²) in [5, 5.41) is 0. The fourth-order valence-corrected chi connectivity index (χ4v) is 6.76. The van der Waals surface area contributed by atoms with E-state index in [2.05, 4.69) is 19.6 Å². The average Bonchev–Trinajstić information content (AvgIpc) is 2.91. The van der Waals surface area contributed by atoms with Gasteiger partial charge in [0.25, 0.3) is 10.0 Å². The van der Waals surface area contributed by atoms with E-state index in [0.29, 0.717) is 41.7 Å². The van der Waals surface area contributed by atoms with E-state index in [1.54, 1.807) is 32.4 Å². The fraction of sp³-hybridized carbons (Fsp3) is 0.467. The van der Waals surface area contributed by atoms with Crippen LogP contribution < -0.4 is 13.8 Å². The minimum atomic E-state index is -3.87. The second-order valence-electron chi connectivity index (χ2n) is 10.1. The molecule has 0 unspecified atom stereocenters. The van der Waals surface area contributed by atoms with Gasteiger partial charge in [-0.25, -0.2) is 8.42 Å². The Labute approximate surface area is 222 Å². The number of allylic oxidation sites excluding steroid dienone is 2. The number of rotatable bonds is 9. The molecule has 1 fully saturated rings. The first kappa shape index (κ1) is 27.1. The number of benzene rings is 2. The summed E-state index contributed by atoms with van der Waals surface area (Å²) in [6.45, 7) is 8.18. The molecular weight excluding hydrogens is 486 g/mol. The van der Waals surface area contributed by atoms with Crippen molar-refractivity contribution in [3.8, 4) is 11.5 Å². The number of hydrogen-bond acceptors (Lipinski definition) is 5. The molecular formula is C30H39NO5S. The van der Waals surface area contributed by atoms with Crippen LogP contribution in [0.4, 0.5) is 5.69 Å². The summed E-state index contributed by atoms with van der Waals surface area (Å²) in [7, 11) is -0.730. The Morgan fingerprint density at radius 1 is 1.14 bits per heavy atom. The Morgan fingerprint density at radius 2 is 1.89 bits per heavy atom. The second kappa shape index (κ2) is 11.6. The van der Waals surface area contributed by atoms with Crippen molar-refractivity contribution in [2.45, 2.75) is 69.8 Å². The Kier molecular flexibility index (Phi) is 8.53. The van der Waals surface area contributed by atoms with E-state index in [9.17, 15) is 8.42 Å². The maximum absolute atomic E-state index is 14.0. The molecule has 0 aromatic heterocycles. The highest BCUT2D eigenvalue weighted by molar-refractivity contribution is 7.92. The first-order valence-corrected chi connectivity index (χ1v) is 14.5. The second-order valence-corrected chi connectivity index (χ2v) is 12.0. The lowest BCUT2D eigenvalue weighted by atomic mass is 9.84. The molecule has 1 heterocycles. The van der Waals surface area contributed by atoms with Crippen molar-refractivity contribution >= 4 is 21.8 Å². The summed E-state index contributed by atoms with van der Waals surface area (Å²) >= 11 is 0. The maximum atomic E-state index is 14.0. The lowest BCUT2D eigenvalue weighted by Gasteiger charge is -2.36. The van der Waals surface area contributed by atoms with Gasteiger partial charge in [0.15, 0.2) is 0 Å². The fourth-order valence-electron chi connectivity index (χ4n) is 5.25. The Hall–Kier alpha value is -2.93. The highest BCUT2D eigenvalue weighted by Crippen LogP contribution is 2.40. The van der Waals surface area contributed by atoms with Gasteiger partial charge in [-0.1, -0.05) is 49.6 Å². The third-order valence-electron chi connectivity index (χ3n) is 7.56. The van der Waals surface area contributed by atoms with E-state index in [4.69, 9.17) is 14.2 Å². The summed E-state index contributed by atoms with van der Waals surface area (Å²) in [6, 6.07) is 10.9. The number of methoxy groups -OCH3 is 2. The van der Waals surface area contributed by atoms with Crippen molar-refractivity contribution < 1.29 is 22.6 Å². The predicted molar refractivity (Wildman–Crippen MR) is 149 cm³/mol. The molecule has 7 heteroatoms. The van der Waals surface area contributed by atoms with Crippen LogP contribution >= 0.6 is 0 Å². The number of nitrogens with zero attached hydrogens (tertiary/aromatic N) is 1. The van der Waals surface area contributed by atoms with E-state index in [1.807, 2.05) is 25.1 Å². The topological polar surface area (TPSA) is 65.1 Å².